The summed E-state index contributed by atoms with van der Waals surface area (Å²) in [6, 6.07) is 10.5. The Morgan fingerprint density at radius 2 is 1.91 bits per heavy atom. The van der Waals surface area contributed by atoms with E-state index < -0.39 is 10.0 Å². The molecule has 2 saturated heterocycles. The molecule has 1 aromatic rings. The Kier molecular flexibility index (Phi) is 4.57. The van der Waals surface area contributed by atoms with Crippen LogP contribution in [0.3, 0.4) is 0 Å². The van der Waals surface area contributed by atoms with E-state index in [-0.39, 0.29) is 11.4 Å². The SMILES string of the molecule is CCCS(=O)(=O)N1CCC2(CC1)C[C@@H](c1ccccc1)CO2. The third kappa shape index (κ3) is 3.21. The van der Waals surface area contributed by atoms with Crippen molar-refractivity contribution in [2.75, 3.05) is 25.4 Å². The second-order valence-electron chi connectivity index (χ2n) is 6.52. The molecular weight excluding hydrogens is 298 g/mol. The van der Waals surface area contributed by atoms with Gasteiger partial charge in [0.25, 0.3) is 0 Å². The largest absolute Gasteiger partial charge is 0.374 e. The first-order chi connectivity index (χ1) is 10.5. The quantitative estimate of drug-likeness (QED) is 0.856. The average Bonchev–Trinajstić information content (AvgIpc) is 2.92. The number of hydrogen-bond acceptors (Lipinski definition) is 3. The van der Waals surface area contributed by atoms with Crippen molar-refractivity contribution in [3.63, 3.8) is 0 Å². The molecule has 5 heteroatoms. The van der Waals surface area contributed by atoms with Crippen LogP contribution in [0.25, 0.3) is 0 Å². The molecule has 2 heterocycles. The zero-order valence-electron chi connectivity index (χ0n) is 13.2. The van der Waals surface area contributed by atoms with Gasteiger partial charge in [-0.1, -0.05) is 37.3 Å². The summed E-state index contributed by atoms with van der Waals surface area (Å²) in [5.41, 5.74) is 1.22. The van der Waals surface area contributed by atoms with E-state index in [1.807, 2.05) is 13.0 Å². The third-order valence-electron chi connectivity index (χ3n) is 4.97. The van der Waals surface area contributed by atoms with E-state index in [2.05, 4.69) is 24.3 Å². The lowest BCUT2D eigenvalue weighted by molar-refractivity contribution is -0.0310. The van der Waals surface area contributed by atoms with Crippen LogP contribution in [0, 0.1) is 0 Å². The minimum atomic E-state index is -3.07. The van der Waals surface area contributed by atoms with Crippen molar-refractivity contribution in [2.45, 2.75) is 44.1 Å². The summed E-state index contributed by atoms with van der Waals surface area (Å²) >= 11 is 0. The second-order valence-corrected chi connectivity index (χ2v) is 8.61. The van der Waals surface area contributed by atoms with Crippen LogP contribution in [0.4, 0.5) is 0 Å². The molecule has 1 aromatic carbocycles. The smallest absolute Gasteiger partial charge is 0.214 e. The molecule has 2 fully saturated rings. The molecule has 3 rings (SSSR count). The Labute approximate surface area is 133 Å². The molecular formula is C17H25NO3S. The van der Waals surface area contributed by atoms with E-state index in [4.69, 9.17) is 4.74 Å². The predicted octanol–water partition coefficient (Wildman–Crippen LogP) is 2.76. The topological polar surface area (TPSA) is 46.6 Å². The zero-order chi connectivity index (χ0) is 15.6. The Bertz CT molecular complexity index is 592. The lowest BCUT2D eigenvalue weighted by Gasteiger charge is -2.38. The van der Waals surface area contributed by atoms with Crippen LogP contribution < -0.4 is 0 Å². The number of rotatable bonds is 4. The van der Waals surface area contributed by atoms with Crippen LogP contribution in [0.2, 0.25) is 0 Å². The maximum atomic E-state index is 12.2. The van der Waals surface area contributed by atoms with Gasteiger partial charge >= 0.3 is 0 Å². The molecule has 0 amide bonds. The summed E-state index contributed by atoms with van der Waals surface area (Å²) in [6.45, 7) is 3.87. The van der Waals surface area contributed by atoms with E-state index >= 15 is 0 Å². The van der Waals surface area contributed by atoms with Gasteiger partial charge in [0.15, 0.2) is 0 Å². The van der Waals surface area contributed by atoms with Crippen molar-refractivity contribution in [1.29, 1.82) is 0 Å². The van der Waals surface area contributed by atoms with Crippen molar-refractivity contribution in [2.24, 2.45) is 0 Å². The van der Waals surface area contributed by atoms with Gasteiger partial charge in [0, 0.05) is 19.0 Å². The Balaban J connectivity index is 1.62. The first-order valence-electron chi connectivity index (χ1n) is 8.21. The van der Waals surface area contributed by atoms with Gasteiger partial charge in [-0.3, -0.25) is 0 Å². The molecule has 0 unspecified atom stereocenters. The number of ether oxygens (including phenoxy) is 1. The highest BCUT2D eigenvalue weighted by atomic mass is 32.2. The van der Waals surface area contributed by atoms with Crippen LogP contribution in [0.1, 0.15) is 44.1 Å². The van der Waals surface area contributed by atoms with Gasteiger partial charge in [0.1, 0.15) is 0 Å². The van der Waals surface area contributed by atoms with Crippen molar-refractivity contribution in [1.82, 2.24) is 4.31 Å². The average molecular weight is 323 g/mol. The minimum Gasteiger partial charge on any atom is -0.374 e. The van der Waals surface area contributed by atoms with E-state index in [1.54, 1.807) is 4.31 Å². The molecule has 0 radical (unpaired) electrons. The third-order valence-corrected chi connectivity index (χ3v) is 7.05. The van der Waals surface area contributed by atoms with Gasteiger partial charge in [-0.25, -0.2) is 12.7 Å². The van der Waals surface area contributed by atoms with Crippen LogP contribution in [-0.2, 0) is 14.8 Å². The molecule has 1 spiro atoms. The number of hydrogen-bond donors (Lipinski definition) is 0. The maximum absolute atomic E-state index is 12.2. The molecule has 2 aliphatic heterocycles. The highest BCUT2D eigenvalue weighted by Crippen LogP contribution is 2.43. The van der Waals surface area contributed by atoms with Crippen LogP contribution in [-0.4, -0.2) is 43.8 Å². The van der Waals surface area contributed by atoms with Crippen LogP contribution >= 0.6 is 0 Å². The van der Waals surface area contributed by atoms with Crippen molar-refractivity contribution in [3.05, 3.63) is 35.9 Å². The maximum Gasteiger partial charge on any atom is 0.214 e. The molecule has 2 aliphatic rings. The summed E-state index contributed by atoms with van der Waals surface area (Å²) in [5, 5.41) is 0. The van der Waals surface area contributed by atoms with E-state index in [1.165, 1.54) is 5.56 Å². The van der Waals surface area contributed by atoms with Gasteiger partial charge < -0.3 is 4.74 Å². The van der Waals surface area contributed by atoms with E-state index in [0.29, 0.717) is 25.4 Å². The highest BCUT2D eigenvalue weighted by molar-refractivity contribution is 7.89. The molecule has 0 aromatic heterocycles. The lowest BCUT2D eigenvalue weighted by Crippen LogP contribution is -2.47. The zero-order valence-corrected chi connectivity index (χ0v) is 14.0. The fraction of sp³-hybridized carbons (Fsp3) is 0.647. The molecule has 1 atom stereocenters. The fourth-order valence-electron chi connectivity index (χ4n) is 3.69. The number of benzene rings is 1. The second kappa shape index (κ2) is 6.30. The van der Waals surface area contributed by atoms with Gasteiger partial charge in [0.2, 0.25) is 10.0 Å². The Morgan fingerprint density at radius 3 is 2.55 bits per heavy atom. The molecule has 122 valence electrons. The molecule has 0 N–H and O–H groups in total. The van der Waals surface area contributed by atoms with E-state index in [9.17, 15) is 8.42 Å². The fourth-order valence-corrected chi connectivity index (χ4v) is 5.20. The highest BCUT2D eigenvalue weighted by Gasteiger charge is 2.44. The molecule has 0 aliphatic carbocycles. The van der Waals surface area contributed by atoms with E-state index in [0.717, 1.165) is 25.9 Å². The van der Waals surface area contributed by atoms with Gasteiger partial charge in [0.05, 0.1) is 18.0 Å². The number of nitrogens with zero attached hydrogens (tertiary/aromatic N) is 1. The summed E-state index contributed by atoms with van der Waals surface area (Å²) in [5.74, 6) is 0.702. The molecule has 0 saturated carbocycles. The minimum absolute atomic E-state index is 0.112. The van der Waals surface area contributed by atoms with Crippen molar-refractivity contribution in [3.8, 4) is 0 Å². The predicted molar refractivity (Wildman–Crippen MR) is 87.4 cm³/mol. The standard InChI is InChI=1S/C17H25NO3S/c1-2-12-22(19,20)18-10-8-17(9-11-18)13-16(14-21-17)15-6-4-3-5-7-15/h3-7,16H,2,8-14H2,1H3/t16-/m1/s1. The summed E-state index contributed by atoms with van der Waals surface area (Å²) in [7, 11) is -3.07. The van der Waals surface area contributed by atoms with Gasteiger partial charge in [-0.15, -0.1) is 0 Å². The molecule has 0 bridgehead atoms. The first kappa shape index (κ1) is 16.0. The first-order valence-corrected chi connectivity index (χ1v) is 9.82. The van der Waals surface area contributed by atoms with Gasteiger partial charge in [-0.2, -0.15) is 0 Å². The molecule has 22 heavy (non-hydrogen) atoms. The number of sulfonamides is 1. The Hall–Kier alpha value is -0.910. The molecule has 4 nitrogen and oxygen atoms in total. The normalized spacial score (nSPS) is 25.6. The van der Waals surface area contributed by atoms with Crippen LogP contribution in [0.5, 0.6) is 0 Å². The van der Waals surface area contributed by atoms with Crippen molar-refractivity contribution >= 4 is 10.0 Å². The lowest BCUT2D eigenvalue weighted by atomic mass is 9.84. The summed E-state index contributed by atoms with van der Waals surface area (Å²) in [4.78, 5) is 0. The monoisotopic (exact) mass is 323 g/mol. The Morgan fingerprint density at radius 1 is 1.23 bits per heavy atom. The summed E-state index contributed by atoms with van der Waals surface area (Å²) < 4.78 is 32.1. The summed E-state index contributed by atoms with van der Waals surface area (Å²) in [6.07, 6.45) is 3.33. The number of piperidine rings is 1. The van der Waals surface area contributed by atoms with Crippen LogP contribution in [0.15, 0.2) is 30.3 Å². The van der Waals surface area contributed by atoms with Gasteiger partial charge in [-0.05, 0) is 31.2 Å². The van der Waals surface area contributed by atoms with Crippen molar-refractivity contribution < 1.29 is 13.2 Å².